The molecule has 1 aliphatic rings. The molecule has 0 bridgehead atoms. The van der Waals surface area contributed by atoms with Gasteiger partial charge in [-0.05, 0) is 61.4 Å². The van der Waals surface area contributed by atoms with Gasteiger partial charge in [-0.2, -0.15) is 0 Å². The third-order valence-corrected chi connectivity index (χ3v) is 5.47. The van der Waals surface area contributed by atoms with Crippen molar-refractivity contribution >= 4 is 17.5 Å². The van der Waals surface area contributed by atoms with E-state index >= 15 is 0 Å². The second-order valence-corrected chi connectivity index (χ2v) is 7.81. The van der Waals surface area contributed by atoms with Gasteiger partial charge < -0.3 is 10.2 Å². The van der Waals surface area contributed by atoms with Crippen LogP contribution in [0.1, 0.15) is 41.7 Å². The summed E-state index contributed by atoms with van der Waals surface area (Å²) in [6.45, 7) is 2.75. The lowest BCUT2D eigenvalue weighted by atomic mass is 9.93. The second kappa shape index (κ2) is 9.08. The van der Waals surface area contributed by atoms with E-state index in [0.717, 1.165) is 35.5 Å². The van der Waals surface area contributed by atoms with E-state index in [0.29, 0.717) is 18.7 Å². The summed E-state index contributed by atoms with van der Waals surface area (Å²) in [4.78, 5) is 30.9. The number of halogens is 1. The fourth-order valence-electron chi connectivity index (χ4n) is 3.98. The number of nitrogens with one attached hydrogen (secondary N) is 1. The number of nitrogens with zero attached hydrogens (tertiary/aromatic N) is 2. The summed E-state index contributed by atoms with van der Waals surface area (Å²) in [6.07, 6.45) is 1.84. The first-order chi connectivity index (χ1) is 15.0. The average Bonchev–Trinajstić information content (AvgIpc) is 2.79. The normalized spacial score (nSPS) is 16.1. The molecule has 4 rings (SSSR count). The lowest BCUT2D eigenvalue weighted by Gasteiger charge is -2.32. The summed E-state index contributed by atoms with van der Waals surface area (Å²) in [5.74, 6) is -0.413. The zero-order valence-corrected chi connectivity index (χ0v) is 17.3. The largest absolute Gasteiger partial charge is 0.338 e. The second-order valence-electron chi connectivity index (χ2n) is 7.81. The van der Waals surface area contributed by atoms with Crippen LogP contribution in [-0.2, 0) is 4.79 Å². The number of carbonyl (C=O) groups excluding carboxylic acids is 2. The molecule has 2 amide bonds. The summed E-state index contributed by atoms with van der Waals surface area (Å²) in [5, 5.41) is 2.80. The van der Waals surface area contributed by atoms with Crippen LogP contribution in [0.4, 0.5) is 10.1 Å². The molecule has 0 saturated carbocycles. The van der Waals surface area contributed by atoms with Gasteiger partial charge >= 0.3 is 0 Å². The number of piperidine rings is 1. The third kappa shape index (κ3) is 4.97. The number of pyridine rings is 1. The third-order valence-electron chi connectivity index (χ3n) is 5.47. The van der Waals surface area contributed by atoms with Crippen LogP contribution in [0.2, 0.25) is 0 Å². The van der Waals surface area contributed by atoms with E-state index < -0.39 is 0 Å². The van der Waals surface area contributed by atoms with Crippen molar-refractivity contribution in [3.8, 4) is 11.3 Å². The Balaban J connectivity index is 1.53. The molecule has 1 atom stereocenters. The maximum atomic E-state index is 13.2. The topological polar surface area (TPSA) is 62.3 Å². The molecule has 2 aromatic carbocycles. The van der Waals surface area contributed by atoms with Gasteiger partial charge in [-0.25, -0.2) is 4.39 Å². The molecule has 0 unspecified atom stereocenters. The highest BCUT2D eigenvalue weighted by Crippen LogP contribution is 2.29. The Kier molecular flexibility index (Phi) is 6.07. The fraction of sp³-hybridized carbons (Fsp3) is 0.240. The van der Waals surface area contributed by atoms with Crippen LogP contribution in [0.25, 0.3) is 11.3 Å². The van der Waals surface area contributed by atoms with Gasteiger partial charge in [0.15, 0.2) is 0 Å². The van der Waals surface area contributed by atoms with Gasteiger partial charge in [-0.3, -0.25) is 14.6 Å². The summed E-state index contributed by atoms with van der Waals surface area (Å²) >= 11 is 0. The number of carbonyl (C=O) groups is 2. The molecule has 158 valence electrons. The number of likely N-dealkylation sites (tertiary alicyclic amines) is 1. The van der Waals surface area contributed by atoms with Crippen LogP contribution in [0, 0.1) is 5.82 Å². The van der Waals surface area contributed by atoms with Crippen molar-refractivity contribution in [3.63, 3.8) is 0 Å². The summed E-state index contributed by atoms with van der Waals surface area (Å²) in [7, 11) is 0. The number of rotatable bonds is 4. The molecule has 2 heterocycles. The van der Waals surface area contributed by atoms with Crippen molar-refractivity contribution in [3.05, 3.63) is 83.8 Å². The summed E-state index contributed by atoms with van der Waals surface area (Å²) in [5.41, 5.74) is 3.92. The Morgan fingerprint density at radius 2 is 1.84 bits per heavy atom. The van der Waals surface area contributed by atoms with Crippen molar-refractivity contribution in [2.45, 2.75) is 25.7 Å². The molecule has 0 aliphatic carbocycles. The molecule has 1 aromatic heterocycles. The highest BCUT2D eigenvalue weighted by atomic mass is 19.1. The van der Waals surface area contributed by atoms with Crippen LogP contribution >= 0.6 is 0 Å². The Hall–Kier alpha value is -3.54. The quantitative estimate of drug-likeness (QED) is 0.659. The van der Waals surface area contributed by atoms with Gasteiger partial charge in [0.2, 0.25) is 5.91 Å². The molecular weight excluding hydrogens is 393 g/mol. The molecule has 1 fully saturated rings. The van der Waals surface area contributed by atoms with E-state index in [-0.39, 0.29) is 23.5 Å². The number of benzene rings is 2. The van der Waals surface area contributed by atoms with Crippen molar-refractivity contribution < 1.29 is 14.0 Å². The molecule has 5 nitrogen and oxygen atoms in total. The van der Waals surface area contributed by atoms with Crippen LogP contribution in [-0.4, -0.2) is 34.8 Å². The fourth-order valence-corrected chi connectivity index (χ4v) is 3.98. The number of amides is 2. The van der Waals surface area contributed by atoms with Gasteiger partial charge in [0.05, 0.1) is 5.69 Å². The monoisotopic (exact) mass is 417 g/mol. The van der Waals surface area contributed by atoms with Gasteiger partial charge in [0, 0.05) is 48.4 Å². The maximum absolute atomic E-state index is 13.2. The van der Waals surface area contributed by atoms with Crippen molar-refractivity contribution in [1.29, 1.82) is 0 Å². The molecule has 6 heteroatoms. The Morgan fingerprint density at radius 1 is 1.06 bits per heavy atom. The Labute approximate surface area is 180 Å². The Morgan fingerprint density at radius 3 is 2.61 bits per heavy atom. The smallest absolute Gasteiger partial charge is 0.253 e. The number of aromatic nitrogens is 1. The SMILES string of the molecule is CC(=O)Nc1cccc(-c2cccc([C@@H]3CCCN(C(=O)c4ccc(F)cc4)C3)n2)c1. The number of hydrogen-bond donors (Lipinski definition) is 1. The lowest BCUT2D eigenvalue weighted by Crippen LogP contribution is -2.39. The highest BCUT2D eigenvalue weighted by Gasteiger charge is 2.26. The van der Waals surface area contributed by atoms with E-state index in [9.17, 15) is 14.0 Å². The molecule has 3 aromatic rings. The zero-order chi connectivity index (χ0) is 21.8. The maximum Gasteiger partial charge on any atom is 0.253 e. The molecule has 0 spiro atoms. The van der Waals surface area contributed by atoms with Crippen LogP contribution in [0.15, 0.2) is 66.7 Å². The summed E-state index contributed by atoms with van der Waals surface area (Å²) < 4.78 is 13.2. The minimum absolute atomic E-state index is 0.0798. The van der Waals surface area contributed by atoms with E-state index in [4.69, 9.17) is 4.98 Å². The van der Waals surface area contributed by atoms with Crippen LogP contribution in [0.5, 0.6) is 0 Å². The molecule has 0 radical (unpaired) electrons. The van der Waals surface area contributed by atoms with Gasteiger partial charge in [-0.1, -0.05) is 18.2 Å². The average molecular weight is 417 g/mol. The first-order valence-electron chi connectivity index (χ1n) is 10.4. The predicted octanol–water partition coefficient (Wildman–Crippen LogP) is 4.87. The van der Waals surface area contributed by atoms with E-state index in [1.165, 1.54) is 31.2 Å². The molecule has 1 aliphatic heterocycles. The zero-order valence-electron chi connectivity index (χ0n) is 17.3. The number of anilines is 1. The predicted molar refractivity (Wildman–Crippen MR) is 118 cm³/mol. The molecule has 31 heavy (non-hydrogen) atoms. The molecule has 1 N–H and O–H groups in total. The first-order valence-corrected chi connectivity index (χ1v) is 10.4. The first kappa shape index (κ1) is 20.7. The standard InChI is InChI=1S/C25H24FN3O2/c1-17(30)27-22-7-2-5-19(15-22)23-8-3-9-24(28-23)20-6-4-14-29(16-20)25(31)18-10-12-21(26)13-11-18/h2-3,5,7-13,15,20H,4,6,14,16H2,1H3,(H,27,30)/t20-/m1/s1. The van der Waals surface area contributed by atoms with Crippen LogP contribution < -0.4 is 5.32 Å². The van der Waals surface area contributed by atoms with Crippen molar-refractivity contribution in [2.24, 2.45) is 0 Å². The molecular formula is C25H24FN3O2. The van der Waals surface area contributed by atoms with Crippen molar-refractivity contribution in [2.75, 3.05) is 18.4 Å². The van der Waals surface area contributed by atoms with E-state index in [1.807, 2.05) is 47.4 Å². The van der Waals surface area contributed by atoms with Gasteiger partial charge in [0.1, 0.15) is 5.82 Å². The summed E-state index contributed by atoms with van der Waals surface area (Å²) in [6, 6.07) is 19.2. The number of hydrogen-bond acceptors (Lipinski definition) is 3. The highest BCUT2D eigenvalue weighted by molar-refractivity contribution is 5.94. The minimum Gasteiger partial charge on any atom is -0.338 e. The minimum atomic E-state index is -0.350. The lowest BCUT2D eigenvalue weighted by molar-refractivity contribution is -0.114. The van der Waals surface area contributed by atoms with Gasteiger partial charge in [-0.15, -0.1) is 0 Å². The van der Waals surface area contributed by atoms with Gasteiger partial charge in [0.25, 0.3) is 5.91 Å². The van der Waals surface area contributed by atoms with E-state index in [1.54, 1.807) is 0 Å². The van der Waals surface area contributed by atoms with E-state index in [2.05, 4.69) is 5.32 Å². The van der Waals surface area contributed by atoms with Crippen molar-refractivity contribution in [1.82, 2.24) is 9.88 Å². The molecule has 1 saturated heterocycles. The van der Waals surface area contributed by atoms with Crippen LogP contribution in [0.3, 0.4) is 0 Å². The Bertz CT molecular complexity index is 1100.